The fraction of sp³-hybridized carbons (Fsp3) is 0.417. The average Bonchev–Trinajstić information content (AvgIpc) is 2.23. The normalized spacial score (nSPS) is 22.1. The van der Waals surface area contributed by atoms with Crippen molar-refractivity contribution in [2.45, 2.75) is 19.9 Å². The standard InChI is InChI=1S/C12H14INO2.ClH/c1-12(2)7-16-11(15)14-10(12)8-5-3-4-6-9(8)13;/h3-6,10H,7H2,1-2H3,(H,14,15);1H/t10-;/m1./s1. The summed E-state index contributed by atoms with van der Waals surface area (Å²) in [6.07, 6.45) is -0.330. The van der Waals surface area contributed by atoms with E-state index in [1.54, 1.807) is 0 Å². The van der Waals surface area contributed by atoms with Crippen molar-refractivity contribution in [3.63, 3.8) is 0 Å². The Morgan fingerprint density at radius 3 is 2.71 bits per heavy atom. The van der Waals surface area contributed by atoms with Crippen molar-refractivity contribution in [2.75, 3.05) is 6.61 Å². The molecule has 0 bridgehead atoms. The molecule has 0 unspecified atom stereocenters. The third-order valence-electron chi connectivity index (χ3n) is 2.84. The lowest BCUT2D eigenvalue weighted by Crippen LogP contribution is -2.47. The molecule has 2 rings (SSSR count). The first-order chi connectivity index (χ1) is 7.50. The second-order valence-electron chi connectivity index (χ2n) is 4.66. The van der Waals surface area contributed by atoms with Gasteiger partial charge >= 0.3 is 6.09 Å². The molecule has 5 heteroatoms. The SMILES string of the molecule is CC1(C)COC(=O)N[C@@H]1c1ccccc1I.Cl. The molecular formula is C12H15ClINO2. The maximum absolute atomic E-state index is 11.3. The van der Waals surface area contributed by atoms with Gasteiger partial charge in [-0.05, 0) is 34.2 Å². The Bertz CT molecular complexity index is 423. The molecule has 1 aromatic carbocycles. The Morgan fingerprint density at radius 2 is 2.06 bits per heavy atom. The van der Waals surface area contributed by atoms with Gasteiger partial charge in [-0.1, -0.05) is 32.0 Å². The van der Waals surface area contributed by atoms with E-state index in [9.17, 15) is 4.79 Å². The molecule has 3 nitrogen and oxygen atoms in total. The van der Waals surface area contributed by atoms with Gasteiger partial charge in [0.25, 0.3) is 0 Å². The van der Waals surface area contributed by atoms with Gasteiger partial charge < -0.3 is 10.1 Å². The largest absolute Gasteiger partial charge is 0.449 e. The van der Waals surface area contributed by atoms with Gasteiger partial charge in [0.1, 0.15) is 6.61 Å². The minimum absolute atomic E-state index is 0. The smallest absolute Gasteiger partial charge is 0.407 e. The number of nitrogens with one attached hydrogen (secondary N) is 1. The van der Waals surface area contributed by atoms with Crippen LogP contribution in [-0.4, -0.2) is 12.7 Å². The molecule has 0 aliphatic carbocycles. The minimum Gasteiger partial charge on any atom is -0.449 e. The lowest BCUT2D eigenvalue weighted by Gasteiger charge is -2.38. The highest BCUT2D eigenvalue weighted by molar-refractivity contribution is 14.1. The molecule has 1 aliphatic rings. The maximum atomic E-state index is 11.3. The summed E-state index contributed by atoms with van der Waals surface area (Å²) < 4.78 is 6.20. The molecule has 1 heterocycles. The van der Waals surface area contributed by atoms with Gasteiger partial charge in [0.15, 0.2) is 0 Å². The number of carbonyl (C=O) groups is 1. The van der Waals surface area contributed by atoms with Gasteiger partial charge in [-0.25, -0.2) is 4.79 Å². The zero-order chi connectivity index (χ0) is 11.8. The molecule has 1 N–H and O–H groups in total. The second kappa shape index (κ2) is 5.44. The van der Waals surface area contributed by atoms with E-state index in [1.165, 1.54) is 3.57 Å². The van der Waals surface area contributed by atoms with Gasteiger partial charge in [-0.3, -0.25) is 0 Å². The summed E-state index contributed by atoms with van der Waals surface area (Å²) >= 11 is 2.29. The molecule has 1 amide bonds. The van der Waals surface area contributed by atoms with E-state index >= 15 is 0 Å². The van der Waals surface area contributed by atoms with Gasteiger partial charge in [0.2, 0.25) is 0 Å². The molecule has 0 radical (unpaired) electrons. The van der Waals surface area contributed by atoms with Crippen LogP contribution in [-0.2, 0) is 4.74 Å². The van der Waals surface area contributed by atoms with Crippen LogP contribution in [0.5, 0.6) is 0 Å². The van der Waals surface area contributed by atoms with Gasteiger partial charge in [-0.2, -0.15) is 0 Å². The van der Waals surface area contributed by atoms with Gasteiger partial charge in [0.05, 0.1) is 6.04 Å². The van der Waals surface area contributed by atoms with E-state index in [1.807, 2.05) is 18.2 Å². The Hall–Kier alpha value is -0.490. The number of amides is 1. The van der Waals surface area contributed by atoms with Crippen LogP contribution in [0.2, 0.25) is 0 Å². The molecule has 0 spiro atoms. The molecule has 1 atom stereocenters. The number of hydrogen-bond acceptors (Lipinski definition) is 2. The maximum Gasteiger partial charge on any atom is 0.407 e. The first kappa shape index (κ1) is 14.6. The zero-order valence-corrected chi connectivity index (χ0v) is 12.7. The van der Waals surface area contributed by atoms with Crippen molar-refractivity contribution < 1.29 is 9.53 Å². The lowest BCUT2D eigenvalue weighted by molar-refractivity contribution is 0.0385. The van der Waals surface area contributed by atoms with Crippen LogP contribution in [0.1, 0.15) is 25.5 Å². The molecule has 17 heavy (non-hydrogen) atoms. The Kier molecular flexibility index (Phi) is 4.66. The summed E-state index contributed by atoms with van der Waals surface area (Å²) in [6.45, 7) is 4.65. The van der Waals surface area contributed by atoms with Crippen LogP contribution in [0.4, 0.5) is 4.79 Å². The van der Waals surface area contributed by atoms with E-state index in [2.05, 4.69) is 47.8 Å². The molecular weight excluding hydrogens is 352 g/mol. The lowest BCUT2D eigenvalue weighted by atomic mass is 9.80. The Balaban J connectivity index is 0.00000144. The van der Waals surface area contributed by atoms with E-state index in [0.29, 0.717) is 6.61 Å². The number of ether oxygens (including phenoxy) is 1. The van der Waals surface area contributed by atoms with Crippen LogP contribution in [0, 0.1) is 8.99 Å². The summed E-state index contributed by atoms with van der Waals surface area (Å²) in [5.41, 5.74) is 1.07. The summed E-state index contributed by atoms with van der Waals surface area (Å²) in [4.78, 5) is 11.3. The van der Waals surface area contributed by atoms with Crippen molar-refractivity contribution in [3.8, 4) is 0 Å². The summed E-state index contributed by atoms with van der Waals surface area (Å²) in [5.74, 6) is 0. The predicted molar refractivity (Wildman–Crippen MR) is 77.4 cm³/mol. The molecule has 0 aromatic heterocycles. The highest BCUT2D eigenvalue weighted by Crippen LogP contribution is 2.37. The Morgan fingerprint density at radius 1 is 1.41 bits per heavy atom. The number of rotatable bonds is 1. The van der Waals surface area contributed by atoms with Crippen LogP contribution in [0.3, 0.4) is 0 Å². The third kappa shape index (κ3) is 3.04. The van der Waals surface area contributed by atoms with Crippen molar-refractivity contribution in [2.24, 2.45) is 5.41 Å². The molecule has 1 fully saturated rings. The number of cyclic esters (lactones) is 1. The molecule has 94 valence electrons. The fourth-order valence-corrected chi connectivity index (χ4v) is 2.60. The minimum atomic E-state index is -0.330. The predicted octanol–water partition coefficient (Wildman–Crippen LogP) is 3.52. The van der Waals surface area contributed by atoms with E-state index in [4.69, 9.17) is 4.74 Å². The number of halogens is 2. The highest BCUT2D eigenvalue weighted by Gasteiger charge is 2.38. The fourth-order valence-electron chi connectivity index (χ4n) is 1.90. The summed E-state index contributed by atoms with van der Waals surface area (Å²) in [7, 11) is 0. The molecule has 0 saturated carbocycles. The van der Waals surface area contributed by atoms with E-state index < -0.39 is 0 Å². The van der Waals surface area contributed by atoms with Gasteiger partial charge in [0, 0.05) is 8.99 Å². The van der Waals surface area contributed by atoms with Crippen molar-refractivity contribution in [1.82, 2.24) is 5.32 Å². The van der Waals surface area contributed by atoms with Crippen LogP contribution in [0.15, 0.2) is 24.3 Å². The van der Waals surface area contributed by atoms with Crippen LogP contribution < -0.4 is 5.32 Å². The van der Waals surface area contributed by atoms with Crippen molar-refractivity contribution >= 4 is 41.1 Å². The van der Waals surface area contributed by atoms with Crippen LogP contribution >= 0.6 is 35.0 Å². The number of carbonyl (C=O) groups excluding carboxylic acids is 1. The van der Waals surface area contributed by atoms with Gasteiger partial charge in [-0.15, -0.1) is 12.4 Å². The first-order valence-corrected chi connectivity index (χ1v) is 6.26. The van der Waals surface area contributed by atoms with Crippen LogP contribution in [0.25, 0.3) is 0 Å². The number of hydrogen-bond donors (Lipinski definition) is 1. The number of benzene rings is 1. The zero-order valence-electron chi connectivity index (χ0n) is 9.70. The molecule has 1 aliphatic heterocycles. The Labute approximate surface area is 121 Å². The average molecular weight is 368 g/mol. The quantitative estimate of drug-likeness (QED) is 0.771. The summed E-state index contributed by atoms with van der Waals surface area (Å²) in [5, 5.41) is 2.90. The number of alkyl carbamates (subject to hydrolysis) is 1. The monoisotopic (exact) mass is 367 g/mol. The third-order valence-corrected chi connectivity index (χ3v) is 3.82. The van der Waals surface area contributed by atoms with Crippen molar-refractivity contribution in [3.05, 3.63) is 33.4 Å². The van der Waals surface area contributed by atoms with Crippen molar-refractivity contribution in [1.29, 1.82) is 0 Å². The van der Waals surface area contributed by atoms with E-state index in [-0.39, 0.29) is 30.0 Å². The van der Waals surface area contributed by atoms with E-state index in [0.717, 1.165) is 5.56 Å². The second-order valence-corrected chi connectivity index (χ2v) is 5.83. The first-order valence-electron chi connectivity index (χ1n) is 5.18. The molecule has 1 aromatic rings. The molecule has 1 saturated heterocycles. The highest BCUT2D eigenvalue weighted by atomic mass is 127. The summed E-state index contributed by atoms with van der Waals surface area (Å²) in [6, 6.07) is 8.11. The topological polar surface area (TPSA) is 38.3 Å².